The van der Waals surface area contributed by atoms with Crippen LogP contribution in [0.2, 0.25) is 5.15 Å². The molecule has 1 N–H and O–H groups in total. The summed E-state index contributed by atoms with van der Waals surface area (Å²) in [5.74, 6) is -0.971. The van der Waals surface area contributed by atoms with Gasteiger partial charge in [-0.15, -0.1) is 0 Å². The number of urea groups is 1. The van der Waals surface area contributed by atoms with Crippen molar-refractivity contribution in [1.82, 2.24) is 15.2 Å². The summed E-state index contributed by atoms with van der Waals surface area (Å²) in [5, 5.41) is 2.75. The van der Waals surface area contributed by atoms with E-state index in [1.54, 1.807) is 31.2 Å². The van der Waals surface area contributed by atoms with Gasteiger partial charge in [-0.25, -0.2) is 14.2 Å². The van der Waals surface area contributed by atoms with Gasteiger partial charge >= 0.3 is 6.03 Å². The number of pyridine rings is 1. The molecule has 1 aliphatic heterocycles. The Morgan fingerprint density at radius 3 is 2.70 bits per heavy atom. The predicted molar refractivity (Wildman–Crippen MR) is 82.1 cm³/mol. The minimum absolute atomic E-state index is 0.136. The lowest BCUT2D eigenvalue weighted by atomic mass is 9.93. The highest BCUT2D eigenvalue weighted by Gasteiger charge is 2.50. The van der Waals surface area contributed by atoms with Gasteiger partial charge in [-0.1, -0.05) is 35.9 Å². The molecule has 1 unspecified atom stereocenters. The van der Waals surface area contributed by atoms with E-state index in [0.717, 1.165) is 4.90 Å². The molecular formula is C16H13ClFN3O2. The SMILES string of the molecule is CC1(c2cccnc2Cl)NC(=O)N(Cc2ccccc2F)C1=O. The molecule has 0 aliphatic carbocycles. The molecule has 1 atom stereocenters. The molecule has 2 heterocycles. The van der Waals surface area contributed by atoms with Crippen LogP contribution in [0.1, 0.15) is 18.1 Å². The third-order valence-corrected chi connectivity index (χ3v) is 4.16. The van der Waals surface area contributed by atoms with E-state index < -0.39 is 23.3 Å². The largest absolute Gasteiger partial charge is 0.325 e. The Morgan fingerprint density at radius 1 is 1.26 bits per heavy atom. The van der Waals surface area contributed by atoms with E-state index in [2.05, 4.69) is 10.3 Å². The zero-order valence-electron chi connectivity index (χ0n) is 12.2. The maximum Gasteiger partial charge on any atom is 0.325 e. The number of aromatic nitrogens is 1. The molecule has 7 heteroatoms. The average Bonchev–Trinajstić information content (AvgIpc) is 2.74. The number of amides is 3. The highest BCUT2D eigenvalue weighted by Crippen LogP contribution is 2.33. The molecule has 1 aromatic heterocycles. The molecule has 3 rings (SSSR count). The highest BCUT2D eigenvalue weighted by molar-refractivity contribution is 6.30. The molecular weight excluding hydrogens is 321 g/mol. The fourth-order valence-electron chi connectivity index (χ4n) is 2.58. The standard InChI is InChI=1S/C16H13ClFN3O2/c1-16(11-6-4-8-19-13(11)17)14(22)21(15(23)20-16)9-10-5-2-3-7-12(10)18/h2-8H,9H2,1H3,(H,20,23). The molecule has 0 spiro atoms. The predicted octanol–water partition coefficient (Wildman–Crippen LogP) is 2.84. The van der Waals surface area contributed by atoms with Crippen molar-refractivity contribution in [3.63, 3.8) is 0 Å². The number of rotatable bonds is 3. The van der Waals surface area contributed by atoms with E-state index >= 15 is 0 Å². The summed E-state index contributed by atoms with van der Waals surface area (Å²) in [7, 11) is 0. The van der Waals surface area contributed by atoms with Gasteiger partial charge in [0.05, 0.1) is 6.54 Å². The smallest absolute Gasteiger partial charge is 0.319 e. The fourth-order valence-corrected chi connectivity index (χ4v) is 2.89. The van der Waals surface area contributed by atoms with Crippen molar-refractivity contribution in [3.05, 3.63) is 64.7 Å². The van der Waals surface area contributed by atoms with Crippen molar-refractivity contribution >= 4 is 23.5 Å². The fraction of sp³-hybridized carbons (Fsp3) is 0.188. The van der Waals surface area contributed by atoms with Crippen molar-refractivity contribution < 1.29 is 14.0 Å². The van der Waals surface area contributed by atoms with Crippen molar-refractivity contribution in [3.8, 4) is 0 Å². The van der Waals surface area contributed by atoms with Crippen molar-refractivity contribution in [2.75, 3.05) is 0 Å². The van der Waals surface area contributed by atoms with Gasteiger partial charge < -0.3 is 5.32 Å². The number of carbonyl (C=O) groups excluding carboxylic acids is 2. The maximum absolute atomic E-state index is 13.8. The molecule has 1 aromatic carbocycles. The topological polar surface area (TPSA) is 62.3 Å². The zero-order chi connectivity index (χ0) is 16.6. The van der Waals surface area contributed by atoms with Crippen LogP contribution in [0.15, 0.2) is 42.6 Å². The Balaban J connectivity index is 1.94. The third kappa shape index (κ3) is 2.55. The molecule has 3 amide bonds. The van der Waals surface area contributed by atoms with Gasteiger partial charge in [0.1, 0.15) is 16.5 Å². The quantitative estimate of drug-likeness (QED) is 0.694. The van der Waals surface area contributed by atoms with E-state index in [4.69, 9.17) is 11.6 Å². The Labute approximate surface area is 137 Å². The number of hydrogen-bond donors (Lipinski definition) is 1. The summed E-state index contributed by atoms with van der Waals surface area (Å²) in [6.07, 6.45) is 1.49. The molecule has 118 valence electrons. The van der Waals surface area contributed by atoms with Crippen LogP contribution >= 0.6 is 11.6 Å². The van der Waals surface area contributed by atoms with Crippen LogP contribution in [0, 0.1) is 5.82 Å². The number of carbonyl (C=O) groups is 2. The maximum atomic E-state index is 13.8. The van der Waals surface area contributed by atoms with Gasteiger partial charge in [-0.05, 0) is 19.1 Å². The van der Waals surface area contributed by atoms with Crippen molar-refractivity contribution in [2.24, 2.45) is 0 Å². The number of imide groups is 1. The van der Waals surface area contributed by atoms with E-state index in [0.29, 0.717) is 5.56 Å². The van der Waals surface area contributed by atoms with Gasteiger partial charge in [0, 0.05) is 17.3 Å². The second kappa shape index (κ2) is 5.62. The van der Waals surface area contributed by atoms with Crippen LogP contribution in [0.5, 0.6) is 0 Å². The van der Waals surface area contributed by atoms with Crippen LogP contribution in [-0.2, 0) is 16.9 Å². The van der Waals surface area contributed by atoms with E-state index in [1.165, 1.54) is 18.3 Å². The number of hydrogen-bond acceptors (Lipinski definition) is 3. The molecule has 1 fully saturated rings. The zero-order valence-corrected chi connectivity index (χ0v) is 13.0. The first-order valence-corrected chi connectivity index (χ1v) is 7.30. The summed E-state index contributed by atoms with van der Waals surface area (Å²) in [6, 6.07) is 8.66. The van der Waals surface area contributed by atoms with Crippen LogP contribution in [-0.4, -0.2) is 21.8 Å². The molecule has 0 radical (unpaired) electrons. The molecule has 1 saturated heterocycles. The summed E-state index contributed by atoms with van der Waals surface area (Å²) in [4.78, 5) is 29.9. The molecule has 2 aromatic rings. The summed E-state index contributed by atoms with van der Waals surface area (Å²) < 4.78 is 13.8. The van der Waals surface area contributed by atoms with Gasteiger partial charge in [0.25, 0.3) is 5.91 Å². The Kier molecular flexibility index (Phi) is 3.77. The van der Waals surface area contributed by atoms with E-state index in [-0.39, 0.29) is 17.3 Å². The van der Waals surface area contributed by atoms with Gasteiger partial charge in [0.2, 0.25) is 0 Å². The number of nitrogens with one attached hydrogen (secondary N) is 1. The minimum Gasteiger partial charge on any atom is -0.319 e. The minimum atomic E-state index is -1.33. The summed E-state index contributed by atoms with van der Waals surface area (Å²) in [6.45, 7) is 1.41. The van der Waals surface area contributed by atoms with Crippen LogP contribution in [0.4, 0.5) is 9.18 Å². The van der Waals surface area contributed by atoms with Crippen LogP contribution < -0.4 is 5.32 Å². The second-order valence-electron chi connectivity index (χ2n) is 5.38. The lowest BCUT2D eigenvalue weighted by Gasteiger charge is -2.22. The number of benzene rings is 1. The molecule has 23 heavy (non-hydrogen) atoms. The summed E-state index contributed by atoms with van der Waals surface area (Å²) in [5.41, 5.74) is -0.665. The van der Waals surface area contributed by atoms with Crippen LogP contribution in [0.3, 0.4) is 0 Å². The lowest BCUT2D eigenvalue weighted by molar-refractivity contribution is -0.131. The first-order chi connectivity index (χ1) is 10.9. The number of halogens is 2. The third-order valence-electron chi connectivity index (χ3n) is 3.86. The molecule has 5 nitrogen and oxygen atoms in total. The number of nitrogens with zero attached hydrogens (tertiary/aromatic N) is 2. The molecule has 1 aliphatic rings. The van der Waals surface area contributed by atoms with Gasteiger partial charge in [0.15, 0.2) is 0 Å². The van der Waals surface area contributed by atoms with Crippen molar-refractivity contribution in [1.29, 1.82) is 0 Å². The van der Waals surface area contributed by atoms with Gasteiger partial charge in [-0.3, -0.25) is 9.69 Å². The average molecular weight is 334 g/mol. The van der Waals surface area contributed by atoms with Crippen LogP contribution in [0.25, 0.3) is 0 Å². The normalized spacial score (nSPS) is 20.7. The van der Waals surface area contributed by atoms with Crippen molar-refractivity contribution in [2.45, 2.75) is 19.0 Å². The lowest BCUT2D eigenvalue weighted by Crippen LogP contribution is -2.41. The first kappa shape index (κ1) is 15.4. The molecule has 0 saturated carbocycles. The van der Waals surface area contributed by atoms with Gasteiger partial charge in [-0.2, -0.15) is 0 Å². The monoisotopic (exact) mass is 333 g/mol. The Hall–Kier alpha value is -2.47. The first-order valence-electron chi connectivity index (χ1n) is 6.92. The van der Waals surface area contributed by atoms with E-state index in [1.807, 2.05) is 0 Å². The Morgan fingerprint density at radius 2 is 2.00 bits per heavy atom. The summed E-state index contributed by atoms with van der Waals surface area (Å²) >= 11 is 6.05. The molecule has 0 bridgehead atoms. The van der Waals surface area contributed by atoms with E-state index in [9.17, 15) is 14.0 Å². The highest BCUT2D eigenvalue weighted by atomic mass is 35.5. The Bertz CT molecular complexity index is 798. The second-order valence-corrected chi connectivity index (χ2v) is 5.74.